The molecule has 1 aromatic carbocycles. The van der Waals surface area contributed by atoms with Gasteiger partial charge in [-0.2, -0.15) is 0 Å². The SMILES string of the molecule is O=C(/C=C/c1ccco1)NNC(=O)COc1cccc(F)c1. The van der Waals surface area contributed by atoms with Crippen LogP contribution in [0.25, 0.3) is 6.08 Å². The standard InChI is InChI=1S/C15H13FN2O4/c16-11-3-1-4-13(9-11)22-10-15(20)18-17-14(19)7-6-12-5-2-8-21-12/h1-9H,10H2,(H,17,19)(H,18,20)/b7-6+. The molecule has 0 saturated carbocycles. The van der Waals surface area contributed by atoms with Gasteiger partial charge in [-0.25, -0.2) is 4.39 Å². The third kappa shape index (κ3) is 5.12. The second-order valence-electron chi connectivity index (χ2n) is 4.13. The predicted molar refractivity (Wildman–Crippen MR) is 75.9 cm³/mol. The maximum absolute atomic E-state index is 12.9. The number of halogens is 1. The van der Waals surface area contributed by atoms with Gasteiger partial charge in [-0.1, -0.05) is 6.07 Å². The van der Waals surface area contributed by atoms with Crippen molar-refractivity contribution in [2.75, 3.05) is 6.61 Å². The highest BCUT2D eigenvalue weighted by Gasteiger charge is 2.04. The Kier molecular flexibility index (Phi) is 5.31. The molecule has 0 aliphatic heterocycles. The maximum atomic E-state index is 12.9. The number of carbonyl (C=O) groups excluding carboxylic acids is 2. The molecule has 0 bridgehead atoms. The molecule has 0 spiro atoms. The molecule has 0 aliphatic rings. The molecule has 2 N–H and O–H groups in total. The lowest BCUT2D eigenvalue weighted by molar-refractivity contribution is -0.128. The van der Waals surface area contributed by atoms with Crippen molar-refractivity contribution in [2.24, 2.45) is 0 Å². The summed E-state index contributed by atoms with van der Waals surface area (Å²) in [5, 5.41) is 0. The van der Waals surface area contributed by atoms with Crippen molar-refractivity contribution in [2.45, 2.75) is 0 Å². The predicted octanol–water partition coefficient (Wildman–Crippen LogP) is 1.66. The van der Waals surface area contributed by atoms with Gasteiger partial charge < -0.3 is 9.15 Å². The second-order valence-corrected chi connectivity index (χ2v) is 4.13. The summed E-state index contributed by atoms with van der Waals surface area (Å²) in [6.07, 6.45) is 4.13. The fourth-order valence-corrected chi connectivity index (χ4v) is 1.46. The van der Waals surface area contributed by atoms with E-state index in [0.29, 0.717) is 5.76 Å². The average Bonchev–Trinajstić information content (AvgIpc) is 3.02. The van der Waals surface area contributed by atoms with Gasteiger partial charge >= 0.3 is 0 Å². The normalized spacial score (nSPS) is 10.4. The van der Waals surface area contributed by atoms with E-state index in [4.69, 9.17) is 9.15 Å². The Morgan fingerprint density at radius 1 is 1.23 bits per heavy atom. The topological polar surface area (TPSA) is 80.6 Å². The fourth-order valence-electron chi connectivity index (χ4n) is 1.46. The Morgan fingerprint density at radius 2 is 2.09 bits per heavy atom. The molecule has 0 unspecified atom stereocenters. The van der Waals surface area contributed by atoms with Gasteiger partial charge in [-0.3, -0.25) is 20.4 Å². The molecule has 6 nitrogen and oxygen atoms in total. The molecule has 0 fully saturated rings. The lowest BCUT2D eigenvalue weighted by Crippen LogP contribution is -2.43. The molecular formula is C15H13FN2O4. The quantitative estimate of drug-likeness (QED) is 0.650. The molecule has 0 atom stereocenters. The number of hydrogen-bond acceptors (Lipinski definition) is 4. The molecule has 22 heavy (non-hydrogen) atoms. The maximum Gasteiger partial charge on any atom is 0.276 e. The Labute approximate surface area is 125 Å². The van der Waals surface area contributed by atoms with E-state index in [9.17, 15) is 14.0 Å². The molecule has 0 radical (unpaired) electrons. The van der Waals surface area contributed by atoms with Gasteiger partial charge in [0, 0.05) is 12.1 Å². The lowest BCUT2D eigenvalue weighted by atomic mass is 10.3. The molecule has 0 saturated heterocycles. The van der Waals surface area contributed by atoms with Crippen LogP contribution in [0.2, 0.25) is 0 Å². The first-order valence-corrected chi connectivity index (χ1v) is 6.32. The number of amides is 2. The van der Waals surface area contributed by atoms with Gasteiger partial charge in [-0.15, -0.1) is 0 Å². The van der Waals surface area contributed by atoms with Gasteiger partial charge in [-0.05, 0) is 30.3 Å². The van der Waals surface area contributed by atoms with Gasteiger partial charge in [0.05, 0.1) is 6.26 Å². The van der Waals surface area contributed by atoms with E-state index in [1.54, 1.807) is 12.1 Å². The second kappa shape index (κ2) is 7.63. The van der Waals surface area contributed by atoms with E-state index < -0.39 is 17.6 Å². The van der Waals surface area contributed by atoms with Crippen LogP contribution < -0.4 is 15.6 Å². The summed E-state index contributed by atoms with van der Waals surface area (Å²) in [6, 6.07) is 8.75. The molecule has 2 aromatic rings. The summed E-state index contributed by atoms with van der Waals surface area (Å²) in [6.45, 7) is -0.356. The monoisotopic (exact) mass is 304 g/mol. The van der Waals surface area contributed by atoms with E-state index in [0.717, 1.165) is 6.07 Å². The van der Waals surface area contributed by atoms with Crippen molar-refractivity contribution in [3.8, 4) is 5.75 Å². The number of furan rings is 1. The smallest absolute Gasteiger partial charge is 0.276 e. The Morgan fingerprint density at radius 3 is 2.82 bits per heavy atom. The zero-order valence-electron chi connectivity index (χ0n) is 11.4. The summed E-state index contributed by atoms with van der Waals surface area (Å²) in [4.78, 5) is 22.9. The van der Waals surface area contributed by atoms with Crippen LogP contribution in [0.1, 0.15) is 5.76 Å². The molecule has 2 amide bonds. The van der Waals surface area contributed by atoms with Crippen molar-refractivity contribution >= 4 is 17.9 Å². The van der Waals surface area contributed by atoms with E-state index in [2.05, 4.69) is 10.9 Å². The first-order chi connectivity index (χ1) is 10.6. The highest BCUT2D eigenvalue weighted by molar-refractivity contribution is 5.92. The van der Waals surface area contributed by atoms with E-state index in [1.165, 1.54) is 36.6 Å². The Bertz CT molecular complexity index is 668. The summed E-state index contributed by atoms with van der Waals surface area (Å²) in [7, 11) is 0. The van der Waals surface area contributed by atoms with Crippen molar-refractivity contribution in [3.05, 3.63) is 60.3 Å². The number of hydrogen-bond donors (Lipinski definition) is 2. The van der Waals surface area contributed by atoms with Crippen molar-refractivity contribution < 1.29 is 23.1 Å². The van der Waals surface area contributed by atoms with Gasteiger partial charge in [0.15, 0.2) is 6.61 Å². The van der Waals surface area contributed by atoms with Crippen LogP contribution in [-0.2, 0) is 9.59 Å². The fraction of sp³-hybridized carbons (Fsp3) is 0.0667. The van der Waals surface area contributed by atoms with Crippen LogP contribution in [0.3, 0.4) is 0 Å². The minimum Gasteiger partial charge on any atom is -0.484 e. The summed E-state index contributed by atoms with van der Waals surface area (Å²) >= 11 is 0. The average molecular weight is 304 g/mol. The highest BCUT2D eigenvalue weighted by Crippen LogP contribution is 2.11. The minimum atomic E-state index is -0.580. The third-order valence-electron chi connectivity index (χ3n) is 2.43. The van der Waals surface area contributed by atoms with E-state index >= 15 is 0 Å². The van der Waals surface area contributed by atoms with E-state index in [1.807, 2.05) is 0 Å². The third-order valence-corrected chi connectivity index (χ3v) is 2.43. The van der Waals surface area contributed by atoms with Gasteiger partial charge in [0.25, 0.3) is 11.8 Å². The van der Waals surface area contributed by atoms with Crippen LogP contribution in [0, 0.1) is 5.82 Å². The molecular weight excluding hydrogens is 291 g/mol. The number of hydrazine groups is 1. The van der Waals surface area contributed by atoms with Crippen LogP contribution in [0.15, 0.2) is 53.2 Å². The van der Waals surface area contributed by atoms with Gasteiger partial charge in [0.2, 0.25) is 0 Å². The van der Waals surface area contributed by atoms with Crippen LogP contribution in [0.4, 0.5) is 4.39 Å². The molecule has 114 valence electrons. The Balaban J connectivity index is 1.70. The zero-order valence-corrected chi connectivity index (χ0v) is 11.4. The zero-order chi connectivity index (χ0) is 15.8. The lowest BCUT2D eigenvalue weighted by Gasteiger charge is -2.07. The van der Waals surface area contributed by atoms with Crippen LogP contribution in [-0.4, -0.2) is 18.4 Å². The number of benzene rings is 1. The van der Waals surface area contributed by atoms with E-state index in [-0.39, 0.29) is 12.4 Å². The minimum absolute atomic E-state index is 0.221. The van der Waals surface area contributed by atoms with Gasteiger partial charge in [0.1, 0.15) is 17.3 Å². The number of nitrogens with one attached hydrogen (secondary N) is 2. The number of carbonyl (C=O) groups is 2. The van der Waals surface area contributed by atoms with Crippen LogP contribution >= 0.6 is 0 Å². The van der Waals surface area contributed by atoms with Crippen molar-refractivity contribution in [3.63, 3.8) is 0 Å². The molecule has 7 heteroatoms. The summed E-state index contributed by atoms with van der Waals surface area (Å²) < 4.78 is 23.0. The van der Waals surface area contributed by atoms with Crippen LogP contribution in [0.5, 0.6) is 5.75 Å². The first-order valence-electron chi connectivity index (χ1n) is 6.32. The Hall–Kier alpha value is -3.09. The first kappa shape index (κ1) is 15.3. The molecule has 1 heterocycles. The molecule has 0 aliphatic carbocycles. The number of rotatable bonds is 5. The largest absolute Gasteiger partial charge is 0.484 e. The highest BCUT2D eigenvalue weighted by atomic mass is 19.1. The summed E-state index contributed by atoms with van der Waals surface area (Å²) in [5.41, 5.74) is 4.33. The van der Waals surface area contributed by atoms with Crippen molar-refractivity contribution in [1.29, 1.82) is 0 Å². The van der Waals surface area contributed by atoms with Crippen molar-refractivity contribution in [1.82, 2.24) is 10.9 Å². The molecule has 1 aromatic heterocycles. The summed E-state index contributed by atoms with van der Waals surface area (Å²) in [5.74, 6) is -0.844. The number of ether oxygens (including phenoxy) is 1. The molecule has 2 rings (SSSR count).